The lowest BCUT2D eigenvalue weighted by molar-refractivity contribution is 0.247. The van der Waals surface area contributed by atoms with Crippen LogP contribution >= 0.6 is 0 Å². The summed E-state index contributed by atoms with van der Waals surface area (Å²) in [6.07, 6.45) is 13.9. The third-order valence-electron chi connectivity index (χ3n) is 6.38. The van der Waals surface area contributed by atoms with Gasteiger partial charge in [-0.15, -0.1) is 0 Å². The van der Waals surface area contributed by atoms with Crippen molar-refractivity contribution in [1.82, 2.24) is 19.2 Å². The molecule has 2 heterocycles. The fraction of sp³-hybridized carbons (Fsp3) is 0.370. The van der Waals surface area contributed by atoms with Gasteiger partial charge in [-0.25, -0.2) is 17.4 Å². The minimum absolute atomic E-state index is 0.405. The van der Waals surface area contributed by atoms with E-state index < -0.39 is 21.2 Å². The van der Waals surface area contributed by atoms with Crippen LogP contribution in [0.1, 0.15) is 36.8 Å². The summed E-state index contributed by atoms with van der Waals surface area (Å²) in [5, 5.41) is 3.48. The van der Waals surface area contributed by atoms with E-state index in [2.05, 4.69) is 15.2 Å². The largest absolute Gasteiger partial charge is 0.320 e. The highest BCUT2D eigenvalue weighted by atomic mass is 32.2. The maximum Gasteiger partial charge on any atom is 0.245 e. The molecule has 0 aliphatic heterocycles. The first-order valence-corrected chi connectivity index (χ1v) is 13.6. The third-order valence-corrected chi connectivity index (χ3v) is 8.39. The number of pyridine rings is 1. The summed E-state index contributed by atoms with van der Waals surface area (Å²) in [5.74, 6) is -0.466. The molecule has 0 spiro atoms. The smallest absolute Gasteiger partial charge is 0.245 e. The molecule has 1 unspecified atom stereocenters. The Balaban J connectivity index is 1.66. The second kappa shape index (κ2) is 11.7. The molecule has 0 saturated heterocycles. The fourth-order valence-electron chi connectivity index (χ4n) is 4.54. The molecule has 1 N–H and O–H groups in total. The summed E-state index contributed by atoms with van der Waals surface area (Å²) in [6.45, 7) is 2.59. The maximum absolute atomic E-state index is 14.3. The van der Waals surface area contributed by atoms with Gasteiger partial charge in [-0.2, -0.15) is 4.39 Å². The van der Waals surface area contributed by atoms with Crippen LogP contribution in [-0.4, -0.2) is 47.7 Å². The SMILES string of the molecule is CNCCCCN(Cc1cccnc1F)Cc1cn(S(=O)(=O)C2C=CC=CCC2)c2ccccc12. The first kappa shape index (κ1) is 25.3. The Hall–Kier alpha value is -2.81. The van der Waals surface area contributed by atoms with Crippen molar-refractivity contribution in [3.63, 3.8) is 0 Å². The van der Waals surface area contributed by atoms with Gasteiger partial charge in [0.25, 0.3) is 0 Å². The van der Waals surface area contributed by atoms with Crippen LogP contribution in [0.2, 0.25) is 0 Å². The molecule has 4 rings (SSSR count). The zero-order chi connectivity index (χ0) is 24.7. The van der Waals surface area contributed by atoms with Crippen molar-refractivity contribution in [2.45, 2.75) is 44.0 Å². The number of halogens is 1. The van der Waals surface area contributed by atoms with Crippen LogP contribution in [-0.2, 0) is 23.1 Å². The first-order valence-electron chi connectivity index (χ1n) is 12.1. The topological polar surface area (TPSA) is 67.2 Å². The Morgan fingerprint density at radius 3 is 2.77 bits per heavy atom. The summed E-state index contributed by atoms with van der Waals surface area (Å²) < 4.78 is 43.1. The van der Waals surface area contributed by atoms with Gasteiger partial charge in [0, 0.05) is 36.4 Å². The molecule has 3 aromatic rings. The fourth-order valence-corrected chi connectivity index (χ4v) is 6.26. The normalized spacial score (nSPS) is 16.3. The van der Waals surface area contributed by atoms with Crippen molar-refractivity contribution in [2.75, 3.05) is 20.1 Å². The van der Waals surface area contributed by atoms with E-state index >= 15 is 0 Å². The van der Waals surface area contributed by atoms with Crippen molar-refractivity contribution in [1.29, 1.82) is 0 Å². The van der Waals surface area contributed by atoms with E-state index in [1.165, 1.54) is 10.2 Å². The highest BCUT2D eigenvalue weighted by Crippen LogP contribution is 2.28. The van der Waals surface area contributed by atoms with Gasteiger partial charge in [-0.3, -0.25) is 4.90 Å². The van der Waals surface area contributed by atoms with Gasteiger partial charge in [0.1, 0.15) is 0 Å². The van der Waals surface area contributed by atoms with Crippen molar-refractivity contribution in [2.24, 2.45) is 0 Å². The molecule has 1 aliphatic carbocycles. The van der Waals surface area contributed by atoms with E-state index in [-0.39, 0.29) is 0 Å². The lowest BCUT2D eigenvalue weighted by Crippen LogP contribution is -2.26. The van der Waals surface area contributed by atoms with E-state index in [1.54, 1.807) is 24.4 Å². The Kier molecular flexibility index (Phi) is 8.49. The second-order valence-electron chi connectivity index (χ2n) is 8.92. The zero-order valence-corrected chi connectivity index (χ0v) is 20.9. The molecule has 0 amide bonds. The molecule has 8 heteroatoms. The van der Waals surface area contributed by atoms with Gasteiger partial charge in [0.2, 0.25) is 16.0 Å². The summed E-state index contributed by atoms with van der Waals surface area (Å²) in [5.41, 5.74) is 2.13. The van der Waals surface area contributed by atoms with E-state index in [9.17, 15) is 12.8 Å². The Labute approximate surface area is 207 Å². The average Bonchev–Trinajstić information content (AvgIpc) is 3.02. The Morgan fingerprint density at radius 2 is 1.94 bits per heavy atom. The number of aromatic nitrogens is 2. The number of allylic oxidation sites excluding steroid dienone is 3. The summed E-state index contributed by atoms with van der Waals surface area (Å²) in [4.78, 5) is 5.97. The van der Waals surface area contributed by atoms with E-state index in [0.29, 0.717) is 30.6 Å². The molecule has 1 aliphatic rings. The summed E-state index contributed by atoms with van der Waals surface area (Å²) in [7, 11) is -1.70. The summed E-state index contributed by atoms with van der Waals surface area (Å²) >= 11 is 0. The average molecular weight is 497 g/mol. The van der Waals surface area contributed by atoms with Crippen LogP contribution in [0.5, 0.6) is 0 Å². The Morgan fingerprint density at radius 1 is 1.11 bits per heavy atom. The van der Waals surface area contributed by atoms with Gasteiger partial charge in [0.15, 0.2) is 0 Å². The van der Waals surface area contributed by atoms with E-state index in [1.807, 2.05) is 49.5 Å². The molecular weight excluding hydrogens is 463 g/mol. The third kappa shape index (κ3) is 6.07. The van der Waals surface area contributed by atoms with Gasteiger partial charge >= 0.3 is 0 Å². The molecule has 6 nitrogen and oxygen atoms in total. The van der Waals surface area contributed by atoms with Gasteiger partial charge < -0.3 is 5.32 Å². The zero-order valence-electron chi connectivity index (χ0n) is 20.1. The maximum atomic E-state index is 14.3. The quantitative estimate of drug-likeness (QED) is 0.310. The standard InChI is InChI=1S/C27H33FN4O2S/c1-29-16-8-9-18-31(19-22-11-10-17-30-27(22)28)20-23-21-32(26-15-7-6-14-25(23)26)35(33,34)24-12-4-2-3-5-13-24/h2-4,6-7,10-12,14-15,17,21,24,29H,5,8-9,13,16,18-20H2,1H3. The number of hydrogen-bond donors (Lipinski definition) is 1. The molecule has 0 saturated carbocycles. The number of nitrogens with zero attached hydrogens (tertiary/aromatic N) is 3. The molecule has 1 atom stereocenters. The lowest BCUT2D eigenvalue weighted by atomic mass is 10.1. The second-order valence-corrected chi connectivity index (χ2v) is 10.9. The minimum atomic E-state index is -3.62. The minimum Gasteiger partial charge on any atom is -0.320 e. The molecule has 186 valence electrons. The Bertz CT molecular complexity index is 1300. The number of fused-ring (bicyclic) bond motifs is 1. The predicted molar refractivity (Wildman–Crippen MR) is 139 cm³/mol. The highest BCUT2D eigenvalue weighted by molar-refractivity contribution is 7.90. The van der Waals surface area contributed by atoms with Crippen LogP contribution < -0.4 is 5.32 Å². The monoisotopic (exact) mass is 496 g/mol. The van der Waals surface area contributed by atoms with Crippen LogP contribution in [0.4, 0.5) is 4.39 Å². The van der Waals surface area contributed by atoms with E-state index in [0.717, 1.165) is 43.3 Å². The van der Waals surface area contributed by atoms with Crippen molar-refractivity contribution in [3.05, 3.63) is 90.2 Å². The van der Waals surface area contributed by atoms with Crippen LogP contribution in [0, 0.1) is 5.95 Å². The first-order chi connectivity index (χ1) is 17.0. The van der Waals surface area contributed by atoms with Crippen molar-refractivity contribution in [3.8, 4) is 0 Å². The predicted octanol–water partition coefficient (Wildman–Crippen LogP) is 4.63. The lowest BCUT2D eigenvalue weighted by Gasteiger charge is -2.22. The van der Waals surface area contributed by atoms with Gasteiger partial charge in [-0.1, -0.05) is 48.6 Å². The molecule has 2 aromatic heterocycles. The van der Waals surface area contributed by atoms with E-state index in [4.69, 9.17) is 0 Å². The highest BCUT2D eigenvalue weighted by Gasteiger charge is 2.27. The molecule has 1 aromatic carbocycles. The van der Waals surface area contributed by atoms with Gasteiger partial charge in [-0.05, 0) is 63.5 Å². The molecule has 0 bridgehead atoms. The number of nitrogens with one attached hydrogen (secondary N) is 1. The van der Waals surface area contributed by atoms with Crippen LogP contribution in [0.15, 0.2) is 73.1 Å². The molecule has 0 radical (unpaired) electrons. The van der Waals surface area contributed by atoms with Crippen molar-refractivity contribution < 1.29 is 12.8 Å². The molecule has 35 heavy (non-hydrogen) atoms. The molecule has 0 fully saturated rings. The van der Waals surface area contributed by atoms with Crippen LogP contribution in [0.3, 0.4) is 0 Å². The van der Waals surface area contributed by atoms with Gasteiger partial charge in [0.05, 0.1) is 10.8 Å². The van der Waals surface area contributed by atoms with Crippen LogP contribution in [0.25, 0.3) is 10.9 Å². The number of rotatable bonds is 11. The molecular formula is C27H33FN4O2S. The van der Waals surface area contributed by atoms with Crippen molar-refractivity contribution >= 4 is 20.9 Å². The number of para-hydroxylation sites is 1. The summed E-state index contributed by atoms with van der Waals surface area (Å²) in [6, 6.07) is 11.1. The number of unbranched alkanes of at least 4 members (excludes halogenated alkanes) is 1. The number of benzene rings is 1. The number of hydrogen-bond acceptors (Lipinski definition) is 5.